The van der Waals surface area contributed by atoms with E-state index >= 15 is 0 Å². The van der Waals surface area contributed by atoms with E-state index in [4.69, 9.17) is 10.5 Å². The molecule has 2 amide bonds. The molecule has 0 aliphatic rings. The fourth-order valence-electron chi connectivity index (χ4n) is 1.60. The van der Waals surface area contributed by atoms with E-state index in [9.17, 15) is 9.59 Å². The third kappa shape index (κ3) is 5.02. The van der Waals surface area contributed by atoms with Crippen LogP contribution in [-0.2, 0) is 9.53 Å². The van der Waals surface area contributed by atoms with Gasteiger partial charge in [0.2, 0.25) is 5.91 Å². The number of methoxy groups -OCH3 is 1. The van der Waals surface area contributed by atoms with E-state index < -0.39 is 0 Å². The van der Waals surface area contributed by atoms with Crippen molar-refractivity contribution in [3.63, 3.8) is 0 Å². The van der Waals surface area contributed by atoms with E-state index in [2.05, 4.69) is 15.9 Å². The summed E-state index contributed by atoms with van der Waals surface area (Å²) >= 11 is 3.29. The van der Waals surface area contributed by atoms with Crippen LogP contribution in [-0.4, -0.2) is 62.5 Å². The molecule has 1 rings (SSSR count). The molecular weight excluding hydrogens is 338 g/mol. The number of likely N-dealkylation sites (N-methyl/N-ethyl adjacent to an activating group) is 1. The highest BCUT2D eigenvalue weighted by Crippen LogP contribution is 2.21. The molecule has 1 aromatic rings. The monoisotopic (exact) mass is 357 g/mol. The molecule has 0 saturated heterocycles. The zero-order valence-electron chi connectivity index (χ0n) is 12.4. The maximum absolute atomic E-state index is 12.5. The Morgan fingerprint density at radius 2 is 2.00 bits per heavy atom. The zero-order chi connectivity index (χ0) is 16.0. The predicted octanol–water partition coefficient (Wildman–Crippen LogP) is 1.21. The average Bonchev–Trinajstić information content (AvgIpc) is 2.45. The highest BCUT2D eigenvalue weighted by molar-refractivity contribution is 9.10. The van der Waals surface area contributed by atoms with Gasteiger partial charge in [-0.3, -0.25) is 9.59 Å². The molecule has 2 N–H and O–H groups in total. The van der Waals surface area contributed by atoms with Gasteiger partial charge in [0, 0.05) is 43.5 Å². The number of hydrogen-bond donors (Lipinski definition) is 1. The summed E-state index contributed by atoms with van der Waals surface area (Å²) in [6, 6.07) is 4.94. The molecule has 7 heteroatoms. The van der Waals surface area contributed by atoms with E-state index in [1.54, 1.807) is 39.4 Å². The van der Waals surface area contributed by atoms with E-state index in [0.29, 0.717) is 28.9 Å². The maximum atomic E-state index is 12.5. The Hall–Kier alpha value is -1.60. The van der Waals surface area contributed by atoms with E-state index in [-0.39, 0.29) is 18.4 Å². The minimum Gasteiger partial charge on any atom is -0.398 e. The highest BCUT2D eigenvalue weighted by Gasteiger charge is 2.20. The number of carbonyl (C=O) groups is 2. The van der Waals surface area contributed by atoms with Crippen LogP contribution in [0.3, 0.4) is 0 Å². The van der Waals surface area contributed by atoms with Gasteiger partial charge in [0.25, 0.3) is 5.91 Å². The topological polar surface area (TPSA) is 75.9 Å². The second-order valence-electron chi connectivity index (χ2n) is 4.74. The average molecular weight is 358 g/mol. The lowest BCUT2D eigenvalue weighted by Crippen LogP contribution is -2.41. The first-order valence-corrected chi connectivity index (χ1v) is 7.19. The SMILES string of the molecule is COCCN(CC(=O)N(C)C)C(=O)c1ccc(N)c(Br)c1. The van der Waals surface area contributed by atoms with Crippen LogP contribution in [0.5, 0.6) is 0 Å². The molecule has 6 nitrogen and oxygen atoms in total. The zero-order valence-corrected chi connectivity index (χ0v) is 14.0. The molecule has 0 spiro atoms. The van der Waals surface area contributed by atoms with Gasteiger partial charge in [0.1, 0.15) is 6.54 Å². The Morgan fingerprint density at radius 3 is 2.52 bits per heavy atom. The molecule has 0 bridgehead atoms. The number of hydrogen-bond acceptors (Lipinski definition) is 4. The van der Waals surface area contributed by atoms with Crippen molar-refractivity contribution in [2.75, 3.05) is 46.6 Å². The summed E-state index contributed by atoms with van der Waals surface area (Å²) < 4.78 is 5.65. The molecule has 1 aromatic carbocycles. The Balaban J connectivity index is 2.92. The normalized spacial score (nSPS) is 10.3. The van der Waals surface area contributed by atoms with Gasteiger partial charge in [-0.15, -0.1) is 0 Å². The van der Waals surface area contributed by atoms with E-state index in [1.165, 1.54) is 9.80 Å². The molecule has 0 heterocycles. The minimum atomic E-state index is -0.233. The largest absolute Gasteiger partial charge is 0.398 e. The summed E-state index contributed by atoms with van der Waals surface area (Å²) in [5.41, 5.74) is 6.74. The quantitative estimate of drug-likeness (QED) is 0.776. The van der Waals surface area contributed by atoms with Gasteiger partial charge in [0.05, 0.1) is 6.61 Å². The Kier molecular flexibility index (Phi) is 6.64. The van der Waals surface area contributed by atoms with Crippen molar-refractivity contribution in [1.82, 2.24) is 9.80 Å². The summed E-state index contributed by atoms with van der Waals surface area (Å²) in [6.45, 7) is 0.719. The first-order chi connectivity index (χ1) is 9.86. The lowest BCUT2D eigenvalue weighted by molar-refractivity contribution is -0.129. The molecular formula is C14H20BrN3O3. The van der Waals surface area contributed by atoms with Crippen LogP contribution in [0.25, 0.3) is 0 Å². The molecule has 0 fully saturated rings. The van der Waals surface area contributed by atoms with Crippen LogP contribution in [0.2, 0.25) is 0 Å². The molecule has 0 radical (unpaired) electrons. The van der Waals surface area contributed by atoms with Gasteiger partial charge in [-0.05, 0) is 34.1 Å². The Bertz CT molecular complexity index is 520. The number of amides is 2. The fourth-order valence-corrected chi connectivity index (χ4v) is 1.98. The molecule has 21 heavy (non-hydrogen) atoms. The van der Waals surface area contributed by atoms with Crippen LogP contribution in [0.4, 0.5) is 5.69 Å². The summed E-state index contributed by atoms with van der Waals surface area (Å²) in [6.07, 6.45) is 0. The molecule has 0 unspecified atom stereocenters. The fraction of sp³-hybridized carbons (Fsp3) is 0.429. The number of anilines is 1. The number of nitrogen functional groups attached to an aromatic ring is 1. The van der Waals surface area contributed by atoms with Crippen LogP contribution in [0.1, 0.15) is 10.4 Å². The smallest absolute Gasteiger partial charge is 0.254 e. The highest BCUT2D eigenvalue weighted by atomic mass is 79.9. The molecule has 0 aromatic heterocycles. The van der Waals surface area contributed by atoms with Gasteiger partial charge in [-0.2, -0.15) is 0 Å². The lowest BCUT2D eigenvalue weighted by atomic mass is 10.2. The van der Waals surface area contributed by atoms with Crippen LogP contribution in [0.15, 0.2) is 22.7 Å². The first-order valence-electron chi connectivity index (χ1n) is 6.40. The summed E-state index contributed by atoms with van der Waals surface area (Å²) in [7, 11) is 4.86. The number of rotatable bonds is 6. The van der Waals surface area contributed by atoms with E-state index in [1.807, 2.05) is 0 Å². The summed E-state index contributed by atoms with van der Waals surface area (Å²) in [4.78, 5) is 27.3. The van der Waals surface area contributed by atoms with Gasteiger partial charge in [-0.1, -0.05) is 0 Å². The Labute approximate surface area is 133 Å². The number of halogens is 1. The standard InChI is InChI=1S/C14H20BrN3O3/c1-17(2)13(19)9-18(6-7-21-3)14(20)10-4-5-12(16)11(15)8-10/h4-5,8H,6-7,9,16H2,1-3H3. The number of ether oxygens (including phenoxy) is 1. The van der Waals surface area contributed by atoms with Gasteiger partial charge in [-0.25, -0.2) is 0 Å². The van der Waals surface area contributed by atoms with Crippen LogP contribution >= 0.6 is 15.9 Å². The first kappa shape index (κ1) is 17.5. The minimum absolute atomic E-state index is 0.0111. The lowest BCUT2D eigenvalue weighted by Gasteiger charge is -2.23. The molecule has 116 valence electrons. The van der Waals surface area contributed by atoms with Crippen molar-refractivity contribution in [1.29, 1.82) is 0 Å². The summed E-state index contributed by atoms with van der Waals surface area (Å²) in [5.74, 6) is -0.378. The van der Waals surface area contributed by atoms with E-state index in [0.717, 1.165) is 0 Å². The van der Waals surface area contributed by atoms with Crippen molar-refractivity contribution in [3.05, 3.63) is 28.2 Å². The van der Waals surface area contributed by atoms with Crippen molar-refractivity contribution in [2.24, 2.45) is 0 Å². The second-order valence-corrected chi connectivity index (χ2v) is 5.60. The van der Waals surface area contributed by atoms with Crippen molar-refractivity contribution in [2.45, 2.75) is 0 Å². The number of nitrogens with two attached hydrogens (primary N) is 1. The third-order valence-corrected chi connectivity index (χ3v) is 3.61. The maximum Gasteiger partial charge on any atom is 0.254 e. The molecule has 0 saturated carbocycles. The molecule has 0 atom stereocenters. The van der Waals surface area contributed by atoms with Crippen molar-refractivity contribution in [3.8, 4) is 0 Å². The Morgan fingerprint density at radius 1 is 1.33 bits per heavy atom. The van der Waals surface area contributed by atoms with Gasteiger partial charge >= 0.3 is 0 Å². The number of benzene rings is 1. The number of nitrogens with zero attached hydrogens (tertiary/aromatic N) is 2. The van der Waals surface area contributed by atoms with Crippen molar-refractivity contribution >= 4 is 33.4 Å². The molecule has 0 aliphatic carbocycles. The van der Waals surface area contributed by atoms with Crippen LogP contribution in [0, 0.1) is 0 Å². The summed E-state index contributed by atoms with van der Waals surface area (Å²) in [5, 5.41) is 0. The second kappa shape index (κ2) is 7.99. The van der Waals surface area contributed by atoms with Crippen molar-refractivity contribution < 1.29 is 14.3 Å². The number of carbonyl (C=O) groups excluding carboxylic acids is 2. The third-order valence-electron chi connectivity index (χ3n) is 2.92. The predicted molar refractivity (Wildman–Crippen MR) is 85.0 cm³/mol. The molecule has 0 aliphatic heterocycles. The van der Waals surface area contributed by atoms with Gasteiger partial charge in [0.15, 0.2) is 0 Å². The van der Waals surface area contributed by atoms with Gasteiger partial charge < -0.3 is 20.3 Å². The van der Waals surface area contributed by atoms with Crippen LogP contribution < -0.4 is 5.73 Å².